The molecule has 1 unspecified atom stereocenters. The summed E-state index contributed by atoms with van der Waals surface area (Å²) in [7, 11) is -0.0837. The van der Waals surface area contributed by atoms with Crippen molar-refractivity contribution in [2.24, 2.45) is 0 Å². The van der Waals surface area contributed by atoms with Gasteiger partial charge in [-0.1, -0.05) is 79.2 Å². The third kappa shape index (κ3) is 6.26. The Hall–Kier alpha value is -3.34. The Balaban J connectivity index is 1.89. The number of anilines is 1. The Morgan fingerprint density at radius 2 is 1.39 bits per heavy atom. The van der Waals surface area contributed by atoms with Crippen LogP contribution in [-0.2, 0) is 29.8 Å². The third-order valence-corrected chi connectivity index (χ3v) is 7.77. The Morgan fingerprint density at radius 3 is 1.94 bits per heavy atom. The first kappa shape index (κ1) is 27.3. The molecule has 3 aromatic carbocycles. The number of methoxy groups -OCH3 is 1. The van der Waals surface area contributed by atoms with Crippen LogP contribution in [0.15, 0.2) is 84.9 Å². The second kappa shape index (κ2) is 13.1. The van der Waals surface area contributed by atoms with Gasteiger partial charge in [0.25, 0.3) is 0 Å². The topological polar surface area (TPSA) is 72.9 Å². The number of rotatable bonds is 12. The van der Waals surface area contributed by atoms with Crippen LogP contribution in [0.3, 0.4) is 0 Å². The van der Waals surface area contributed by atoms with Gasteiger partial charge in [-0.3, -0.25) is 9.69 Å². The molecule has 0 N–H and O–H groups in total. The van der Waals surface area contributed by atoms with Crippen molar-refractivity contribution in [3.8, 4) is 11.1 Å². The largest absolute Gasteiger partial charge is 0.549 e. The van der Waals surface area contributed by atoms with E-state index in [2.05, 4.69) is 12.1 Å². The number of carbonyl (C=O) groups is 2. The smallest absolute Gasteiger partial charge is 0.464 e. The molecule has 36 heavy (non-hydrogen) atoms. The average Bonchev–Trinajstić information content (AvgIpc) is 2.92. The molecule has 0 aliphatic carbocycles. The molecule has 0 spiro atoms. The summed E-state index contributed by atoms with van der Waals surface area (Å²) in [6.45, 7) is 1.36. The monoisotopic (exact) mass is 506 g/mol. The number of amides is 1. The molecule has 0 radical (unpaired) electrons. The number of carbonyl (C=O) groups excluding carboxylic acids is 2. The summed E-state index contributed by atoms with van der Waals surface area (Å²) in [5, 5.41) is -1.77. The highest BCUT2D eigenvalue weighted by molar-refractivity contribution is 7.42. The van der Waals surface area contributed by atoms with E-state index in [0.29, 0.717) is 12.1 Å². The maximum atomic E-state index is 13.4. The van der Waals surface area contributed by atoms with Crippen molar-refractivity contribution >= 4 is 25.6 Å². The molecule has 6 nitrogen and oxygen atoms in total. The minimum absolute atomic E-state index is 0.150. The molecule has 0 aromatic heterocycles. The summed E-state index contributed by atoms with van der Waals surface area (Å²) in [4.78, 5) is 27.5. The van der Waals surface area contributed by atoms with Gasteiger partial charge in [-0.2, -0.15) is 0 Å². The minimum Gasteiger partial charge on any atom is -0.464 e. The maximum absolute atomic E-state index is 13.4. The summed E-state index contributed by atoms with van der Waals surface area (Å²) in [6, 6.07) is 27.3. The zero-order valence-corrected chi connectivity index (χ0v) is 21.9. The van der Waals surface area contributed by atoms with E-state index in [-0.39, 0.29) is 6.42 Å². The standard InChI is InChI=1S/C29H33NO5P/c1-23(31)30(27-20-18-26(19-21-27)25-16-10-5-11-17-25)29(28(32)34-2,36(33)35-3)22-12-6-9-15-24-13-7-4-8-14-24/h4-5,7-8,10-11,13-14,16-21H,6,9,12,15,22H2,1-3H3/q+1/t29-/m1/s1. The molecule has 1 amide bonds. The van der Waals surface area contributed by atoms with Gasteiger partial charge in [0.05, 0.1) is 14.2 Å². The average molecular weight is 507 g/mol. The second-order valence-corrected chi connectivity index (χ2v) is 10.2. The van der Waals surface area contributed by atoms with Gasteiger partial charge in [0.15, 0.2) is 0 Å². The van der Waals surface area contributed by atoms with Crippen molar-refractivity contribution in [1.82, 2.24) is 0 Å². The summed E-state index contributed by atoms with van der Waals surface area (Å²) in [5.41, 5.74) is 3.68. The van der Waals surface area contributed by atoms with Crippen molar-refractivity contribution in [3.05, 3.63) is 90.5 Å². The highest BCUT2D eigenvalue weighted by Gasteiger charge is 2.64. The van der Waals surface area contributed by atoms with Crippen LogP contribution in [0, 0.1) is 0 Å². The van der Waals surface area contributed by atoms with Crippen molar-refractivity contribution in [1.29, 1.82) is 0 Å². The molecule has 7 heteroatoms. The van der Waals surface area contributed by atoms with E-state index >= 15 is 0 Å². The number of benzene rings is 3. The molecule has 0 bridgehead atoms. The molecular weight excluding hydrogens is 473 g/mol. The molecule has 2 atom stereocenters. The van der Waals surface area contributed by atoms with Crippen molar-refractivity contribution < 1.29 is 23.4 Å². The SMILES string of the molecule is COC(=O)[C@](CCCCCc1ccccc1)(N(C(C)=O)c1ccc(-c2ccccc2)cc1)[P+](=O)OC. The van der Waals surface area contributed by atoms with Crippen LogP contribution < -0.4 is 4.90 Å². The van der Waals surface area contributed by atoms with E-state index in [0.717, 1.165) is 30.4 Å². The van der Waals surface area contributed by atoms with Gasteiger partial charge in [0.1, 0.15) is 0 Å². The first-order valence-electron chi connectivity index (χ1n) is 12.0. The van der Waals surface area contributed by atoms with E-state index in [4.69, 9.17) is 9.26 Å². The number of hydrogen-bond acceptors (Lipinski definition) is 5. The van der Waals surface area contributed by atoms with Gasteiger partial charge in [-0.05, 0) is 52.7 Å². The molecule has 0 saturated heterocycles. The Labute approximate surface area is 214 Å². The molecule has 0 heterocycles. The molecule has 3 aromatic rings. The van der Waals surface area contributed by atoms with E-state index < -0.39 is 25.2 Å². The molecule has 0 fully saturated rings. The summed E-state index contributed by atoms with van der Waals surface area (Å²) >= 11 is 0. The lowest BCUT2D eigenvalue weighted by molar-refractivity contribution is -0.145. The summed E-state index contributed by atoms with van der Waals surface area (Å²) in [6.07, 6.45) is 3.31. The Bertz CT molecular complexity index is 1130. The number of nitrogens with zero attached hydrogens (tertiary/aromatic N) is 1. The van der Waals surface area contributed by atoms with E-state index in [1.165, 1.54) is 31.6 Å². The molecule has 0 aliphatic rings. The van der Waals surface area contributed by atoms with Crippen LogP contribution in [0.2, 0.25) is 0 Å². The van der Waals surface area contributed by atoms with Crippen molar-refractivity contribution in [2.75, 3.05) is 19.1 Å². The first-order valence-corrected chi connectivity index (χ1v) is 13.2. The fourth-order valence-electron chi connectivity index (χ4n) is 4.48. The fraction of sp³-hybridized carbons (Fsp3) is 0.310. The lowest BCUT2D eigenvalue weighted by atomic mass is 10.0. The van der Waals surface area contributed by atoms with Crippen LogP contribution in [-0.4, -0.2) is 31.4 Å². The van der Waals surface area contributed by atoms with Crippen molar-refractivity contribution in [3.63, 3.8) is 0 Å². The lowest BCUT2D eigenvalue weighted by Crippen LogP contribution is -2.55. The zero-order valence-electron chi connectivity index (χ0n) is 21.1. The predicted octanol–water partition coefficient (Wildman–Crippen LogP) is 6.77. The second-order valence-electron chi connectivity index (χ2n) is 8.56. The lowest BCUT2D eigenvalue weighted by Gasteiger charge is -2.32. The number of aryl methyl sites for hydroxylation is 1. The Kier molecular flexibility index (Phi) is 9.92. The van der Waals surface area contributed by atoms with Gasteiger partial charge < -0.3 is 4.74 Å². The van der Waals surface area contributed by atoms with Crippen LogP contribution in [0.5, 0.6) is 0 Å². The van der Waals surface area contributed by atoms with E-state index in [9.17, 15) is 14.2 Å². The third-order valence-electron chi connectivity index (χ3n) is 6.23. The molecule has 188 valence electrons. The van der Waals surface area contributed by atoms with Gasteiger partial charge in [0.2, 0.25) is 5.91 Å². The quantitative estimate of drug-likeness (QED) is 0.154. The molecule has 0 aliphatic heterocycles. The molecular formula is C29H33NO5P+. The van der Waals surface area contributed by atoms with Gasteiger partial charge in [-0.15, -0.1) is 4.52 Å². The fourth-order valence-corrected chi connectivity index (χ4v) is 5.78. The van der Waals surface area contributed by atoms with Crippen LogP contribution >= 0.6 is 8.03 Å². The minimum atomic E-state index is -2.60. The number of ether oxygens (including phenoxy) is 1. The Morgan fingerprint density at radius 1 is 0.806 bits per heavy atom. The van der Waals surface area contributed by atoms with Gasteiger partial charge in [-0.25, -0.2) is 4.79 Å². The van der Waals surface area contributed by atoms with Crippen molar-refractivity contribution in [2.45, 2.75) is 44.3 Å². The first-order chi connectivity index (χ1) is 17.4. The van der Waals surface area contributed by atoms with E-state index in [1.54, 1.807) is 12.1 Å². The maximum Gasteiger partial charge on any atom is 0.549 e. The highest BCUT2D eigenvalue weighted by atomic mass is 31.1. The van der Waals surface area contributed by atoms with Gasteiger partial charge >= 0.3 is 19.3 Å². The van der Waals surface area contributed by atoms with Crippen LogP contribution in [0.25, 0.3) is 11.1 Å². The van der Waals surface area contributed by atoms with Crippen LogP contribution in [0.4, 0.5) is 5.69 Å². The van der Waals surface area contributed by atoms with Gasteiger partial charge in [0, 0.05) is 19.0 Å². The summed E-state index contributed by atoms with van der Waals surface area (Å²) < 4.78 is 23.7. The summed E-state index contributed by atoms with van der Waals surface area (Å²) in [5.74, 6) is -1.17. The predicted molar refractivity (Wildman–Crippen MR) is 143 cm³/mol. The number of hydrogen-bond donors (Lipinski definition) is 0. The normalized spacial score (nSPS) is 12.9. The molecule has 0 saturated carbocycles. The van der Waals surface area contributed by atoms with Crippen LogP contribution in [0.1, 0.15) is 38.2 Å². The highest BCUT2D eigenvalue weighted by Crippen LogP contribution is 2.49. The van der Waals surface area contributed by atoms with E-state index in [1.807, 2.05) is 60.7 Å². The number of esters is 1. The molecule has 3 rings (SSSR count). The zero-order chi connectivity index (χ0) is 26.0. The number of unbranched alkanes of at least 4 members (excludes halogenated alkanes) is 2.